The van der Waals surface area contributed by atoms with E-state index < -0.39 is 5.97 Å². The summed E-state index contributed by atoms with van der Waals surface area (Å²) in [6.45, 7) is 2.09. The summed E-state index contributed by atoms with van der Waals surface area (Å²) in [6, 6.07) is 16.8. The normalized spacial score (nSPS) is 10.5. The van der Waals surface area contributed by atoms with E-state index >= 15 is 0 Å². The molecule has 0 atom stereocenters. The number of rotatable bonds is 4. The van der Waals surface area contributed by atoms with Crippen LogP contribution in [0.1, 0.15) is 21.6 Å². The summed E-state index contributed by atoms with van der Waals surface area (Å²) >= 11 is 3.33. The second kappa shape index (κ2) is 6.79. The first-order valence-corrected chi connectivity index (χ1v) is 7.87. The van der Waals surface area contributed by atoms with Crippen LogP contribution in [-0.4, -0.2) is 11.1 Å². The van der Waals surface area contributed by atoms with Gasteiger partial charge < -0.3 is 9.26 Å². The van der Waals surface area contributed by atoms with Crippen molar-refractivity contribution in [2.75, 3.05) is 0 Å². The zero-order valence-corrected chi connectivity index (χ0v) is 14.0. The summed E-state index contributed by atoms with van der Waals surface area (Å²) in [5.41, 5.74) is 3.16. The highest BCUT2D eigenvalue weighted by Gasteiger charge is 2.13. The third kappa shape index (κ3) is 3.68. The van der Waals surface area contributed by atoms with Gasteiger partial charge >= 0.3 is 5.97 Å². The second-order valence-corrected chi connectivity index (χ2v) is 5.96. The molecular weight excluding hydrogens is 358 g/mol. The molecule has 1 heterocycles. The Kier molecular flexibility index (Phi) is 4.57. The summed E-state index contributed by atoms with van der Waals surface area (Å²) in [6.07, 6.45) is 0. The molecule has 0 bridgehead atoms. The fourth-order valence-electron chi connectivity index (χ4n) is 2.08. The van der Waals surface area contributed by atoms with E-state index in [0.29, 0.717) is 21.5 Å². The third-order valence-electron chi connectivity index (χ3n) is 3.34. The van der Waals surface area contributed by atoms with Gasteiger partial charge in [0.15, 0.2) is 5.76 Å². The lowest BCUT2D eigenvalue weighted by Crippen LogP contribution is -2.06. The molecule has 0 unspecified atom stereocenters. The van der Waals surface area contributed by atoms with Crippen LogP contribution in [0.15, 0.2) is 63.6 Å². The topological polar surface area (TPSA) is 52.3 Å². The van der Waals surface area contributed by atoms with Gasteiger partial charge in [-0.2, -0.15) is 0 Å². The lowest BCUT2D eigenvalue weighted by Gasteiger charge is -2.03. The van der Waals surface area contributed by atoms with Crippen LogP contribution >= 0.6 is 15.9 Å². The van der Waals surface area contributed by atoms with Crippen LogP contribution in [0, 0.1) is 6.92 Å². The Labute approximate surface area is 142 Å². The first-order valence-electron chi connectivity index (χ1n) is 7.08. The van der Waals surface area contributed by atoms with Crippen molar-refractivity contribution in [3.8, 4) is 11.3 Å². The van der Waals surface area contributed by atoms with E-state index in [4.69, 9.17) is 9.26 Å². The number of aryl methyl sites for hydroxylation is 1. The molecule has 23 heavy (non-hydrogen) atoms. The van der Waals surface area contributed by atoms with Crippen LogP contribution in [-0.2, 0) is 11.3 Å². The summed E-state index contributed by atoms with van der Waals surface area (Å²) in [5.74, 6) is 0.245. The lowest BCUT2D eigenvalue weighted by molar-refractivity contribution is 0.0463. The average Bonchev–Trinajstić information content (AvgIpc) is 3.03. The quantitative estimate of drug-likeness (QED) is 0.619. The molecule has 5 heteroatoms. The van der Waals surface area contributed by atoms with E-state index in [9.17, 15) is 4.79 Å². The minimum atomic E-state index is -0.405. The fraction of sp³-hybridized carbons (Fsp3) is 0.111. The summed E-state index contributed by atoms with van der Waals surface area (Å²) in [4.78, 5) is 12.0. The first-order chi connectivity index (χ1) is 11.1. The summed E-state index contributed by atoms with van der Waals surface area (Å²) < 4.78 is 11.3. The van der Waals surface area contributed by atoms with Gasteiger partial charge in [0.2, 0.25) is 0 Å². The molecule has 0 saturated carbocycles. The second-order valence-electron chi connectivity index (χ2n) is 5.10. The molecule has 116 valence electrons. The Morgan fingerprint density at radius 3 is 2.65 bits per heavy atom. The summed E-state index contributed by atoms with van der Waals surface area (Å²) in [7, 11) is 0. The van der Waals surface area contributed by atoms with E-state index in [1.807, 2.05) is 37.3 Å². The van der Waals surface area contributed by atoms with Gasteiger partial charge in [-0.05, 0) is 35.0 Å². The maximum Gasteiger partial charge on any atom is 0.339 e. The molecule has 3 aromatic rings. The van der Waals surface area contributed by atoms with Crippen LogP contribution in [0.5, 0.6) is 0 Å². The number of benzene rings is 2. The number of carbonyl (C=O) groups excluding carboxylic acids is 1. The third-order valence-corrected chi connectivity index (χ3v) is 4.03. The van der Waals surface area contributed by atoms with E-state index in [1.165, 1.54) is 5.56 Å². The predicted molar refractivity (Wildman–Crippen MR) is 89.9 cm³/mol. The van der Waals surface area contributed by atoms with Crippen LogP contribution in [0.4, 0.5) is 0 Å². The van der Waals surface area contributed by atoms with Crippen LogP contribution in [0.2, 0.25) is 0 Å². The maximum atomic E-state index is 12.0. The Balaban J connectivity index is 1.67. The van der Waals surface area contributed by atoms with E-state index in [1.54, 1.807) is 24.3 Å². The lowest BCUT2D eigenvalue weighted by atomic mass is 10.1. The molecule has 0 N–H and O–H groups in total. The Bertz CT molecular complexity index is 824. The van der Waals surface area contributed by atoms with Crippen molar-refractivity contribution in [2.45, 2.75) is 13.5 Å². The molecule has 0 fully saturated rings. The smallest absolute Gasteiger partial charge is 0.339 e. The fourth-order valence-corrected chi connectivity index (χ4v) is 2.52. The average molecular weight is 372 g/mol. The molecule has 4 nitrogen and oxygen atoms in total. The van der Waals surface area contributed by atoms with Gasteiger partial charge in [-0.1, -0.05) is 47.1 Å². The molecule has 3 rings (SSSR count). The standard InChI is InChI=1S/C18H14BrNO3/c1-12-6-8-13(9-7-12)17-10-14(20-23-17)11-22-18(21)15-4-2-3-5-16(15)19/h2-10H,11H2,1H3. The van der Waals surface area contributed by atoms with Crippen molar-refractivity contribution in [2.24, 2.45) is 0 Å². The number of hydrogen-bond donors (Lipinski definition) is 0. The number of carbonyl (C=O) groups is 1. The molecule has 0 spiro atoms. The van der Waals surface area contributed by atoms with Crippen molar-refractivity contribution >= 4 is 21.9 Å². The van der Waals surface area contributed by atoms with Crippen LogP contribution in [0.25, 0.3) is 11.3 Å². The van der Waals surface area contributed by atoms with Crippen molar-refractivity contribution in [3.05, 3.63) is 75.9 Å². The highest BCUT2D eigenvalue weighted by molar-refractivity contribution is 9.10. The van der Waals surface area contributed by atoms with Crippen molar-refractivity contribution in [1.29, 1.82) is 0 Å². The Hall–Kier alpha value is -2.40. The molecule has 2 aromatic carbocycles. The zero-order valence-electron chi connectivity index (χ0n) is 12.5. The maximum absolute atomic E-state index is 12.0. The SMILES string of the molecule is Cc1ccc(-c2cc(COC(=O)c3ccccc3Br)no2)cc1. The van der Waals surface area contributed by atoms with Gasteiger partial charge in [0.05, 0.1) is 5.56 Å². The molecule has 1 aromatic heterocycles. The number of halogens is 1. The predicted octanol–water partition coefficient (Wildman–Crippen LogP) is 4.77. The van der Waals surface area contributed by atoms with Crippen molar-refractivity contribution < 1.29 is 14.1 Å². The Morgan fingerprint density at radius 2 is 1.91 bits per heavy atom. The summed E-state index contributed by atoms with van der Waals surface area (Å²) in [5, 5.41) is 3.94. The molecule has 0 amide bonds. The number of hydrogen-bond acceptors (Lipinski definition) is 4. The first kappa shape index (κ1) is 15.5. The minimum Gasteiger partial charge on any atom is -0.455 e. The highest BCUT2D eigenvalue weighted by atomic mass is 79.9. The van der Waals surface area contributed by atoms with Gasteiger partial charge in [-0.25, -0.2) is 4.79 Å². The van der Waals surface area contributed by atoms with E-state index in [2.05, 4.69) is 21.1 Å². The number of nitrogens with zero attached hydrogens (tertiary/aromatic N) is 1. The molecule has 0 saturated heterocycles. The van der Waals surface area contributed by atoms with E-state index in [0.717, 1.165) is 5.56 Å². The van der Waals surface area contributed by atoms with Gasteiger partial charge in [-0.15, -0.1) is 0 Å². The van der Waals surface area contributed by atoms with Gasteiger partial charge in [0, 0.05) is 16.1 Å². The van der Waals surface area contributed by atoms with Gasteiger partial charge in [0.1, 0.15) is 12.3 Å². The number of aromatic nitrogens is 1. The molecule has 0 radical (unpaired) electrons. The molecular formula is C18H14BrNO3. The Morgan fingerprint density at radius 1 is 1.17 bits per heavy atom. The van der Waals surface area contributed by atoms with Gasteiger partial charge in [0.25, 0.3) is 0 Å². The zero-order chi connectivity index (χ0) is 16.2. The largest absolute Gasteiger partial charge is 0.455 e. The van der Waals surface area contributed by atoms with Crippen molar-refractivity contribution in [1.82, 2.24) is 5.16 Å². The molecule has 0 aliphatic carbocycles. The van der Waals surface area contributed by atoms with Crippen LogP contribution in [0.3, 0.4) is 0 Å². The molecule has 0 aliphatic heterocycles. The van der Waals surface area contributed by atoms with Gasteiger partial charge in [-0.3, -0.25) is 0 Å². The minimum absolute atomic E-state index is 0.0650. The molecule has 0 aliphatic rings. The van der Waals surface area contributed by atoms with Crippen molar-refractivity contribution in [3.63, 3.8) is 0 Å². The number of ether oxygens (including phenoxy) is 1. The number of esters is 1. The monoisotopic (exact) mass is 371 g/mol. The van der Waals surface area contributed by atoms with Crippen LogP contribution < -0.4 is 0 Å². The highest BCUT2D eigenvalue weighted by Crippen LogP contribution is 2.22. The van der Waals surface area contributed by atoms with E-state index in [-0.39, 0.29) is 6.61 Å².